The first kappa shape index (κ1) is 16.7. The Kier molecular flexibility index (Phi) is 4.00. The van der Waals surface area contributed by atoms with Crippen LogP contribution in [-0.4, -0.2) is 19.7 Å². The predicted molar refractivity (Wildman–Crippen MR) is 80.9 cm³/mol. The molecule has 24 heavy (non-hydrogen) atoms. The molecule has 0 atom stereocenters. The van der Waals surface area contributed by atoms with Gasteiger partial charge < -0.3 is 5.73 Å². The second kappa shape index (κ2) is 5.75. The summed E-state index contributed by atoms with van der Waals surface area (Å²) in [5, 5.41) is 3.77. The van der Waals surface area contributed by atoms with Gasteiger partial charge in [0.25, 0.3) is 0 Å². The number of hydrogen-bond donors (Lipinski definition) is 1. The largest absolute Gasteiger partial charge is 0.434 e. The molecule has 0 aliphatic carbocycles. The van der Waals surface area contributed by atoms with E-state index < -0.39 is 29.6 Å². The van der Waals surface area contributed by atoms with Crippen LogP contribution < -0.4 is 5.73 Å². The second-order valence-electron chi connectivity index (χ2n) is 4.74. The van der Waals surface area contributed by atoms with E-state index >= 15 is 0 Å². The van der Waals surface area contributed by atoms with Gasteiger partial charge in [0.05, 0.1) is 26.6 Å². The third kappa shape index (κ3) is 2.73. The van der Waals surface area contributed by atoms with Crippen molar-refractivity contribution in [1.82, 2.24) is 19.7 Å². The normalized spacial score (nSPS) is 12.1. The van der Waals surface area contributed by atoms with Crippen LogP contribution in [0, 0.1) is 0 Å². The van der Waals surface area contributed by atoms with Gasteiger partial charge >= 0.3 is 6.18 Å². The lowest BCUT2D eigenvalue weighted by molar-refractivity contribution is -0.139. The summed E-state index contributed by atoms with van der Waals surface area (Å²) in [4.78, 5) is 7.21. The Balaban J connectivity index is 2.35. The van der Waals surface area contributed by atoms with Gasteiger partial charge in [-0.25, -0.2) is 14.4 Å². The molecule has 0 fully saturated rings. The van der Waals surface area contributed by atoms with Crippen molar-refractivity contribution in [3.8, 4) is 5.82 Å². The van der Waals surface area contributed by atoms with Crippen LogP contribution in [0.2, 0.25) is 10.0 Å². The van der Waals surface area contributed by atoms with Crippen LogP contribution in [0.25, 0.3) is 16.7 Å². The maximum Gasteiger partial charge on any atom is 0.434 e. The average molecular weight is 380 g/mol. The highest BCUT2D eigenvalue weighted by atomic mass is 35.5. The lowest BCUT2D eigenvalue weighted by atomic mass is 10.2. The first-order valence-corrected chi connectivity index (χ1v) is 7.10. The highest BCUT2D eigenvalue weighted by Gasteiger charge is 2.37. The summed E-state index contributed by atoms with van der Waals surface area (Å²) >= 11 is 11.7. The molecule has 126 valence electrons. The molecule has 0 unspecified atom stereocenters. The van der Waals surface area contributed by atoms with Crippen molar-refractivity contribution >= 4 is 39.9 Å². The third-order valence-electron chi connectivity index (χ3n) is 3.14. The monoisotopic (exact) mass is 379 g/mol. The van der Waals surface area contributed by atoms with Gasteiger partial charge in [-0.3, -0.25) is 0 Å². The van der Waals surface area contributed by atoms with Crippen LogP contribution in [0.15, 0.2) is 18.3 Å². The molecule has 0 amide bonds. The van der Waals surface area contributed by atoms with Gasteiger partial charge in [-0.15, -0.1) is 0 Å². The molecule has 0 aliphatic rings. The molecule has 0 saturated heterocycles. The van der Waals surface area contributed by atoms with E-state index in [0.717, 1.165) is 10.7 Å². The summed E-state index contributed by atoms with van der Waals surface area (Å²) in [6.07, 6.45) is -3.59. The van der Waals surface area contributed by atoms with E-state index in [2.05, 4.69) is 15.1 Å². The number of pyridine rings is 2. The van der Waals surface area contributed by atoms with E-state index in [1.54, 1.807) is 0 Å². The minimum absolute atomic E-state index is 0.00955. The molecule has 0 spiro atoms. The Hall–Kier alpha value is -2.13. The number of nitrogen functional groups attached to an aromatic ring is 1. The summed E-state index contributed by atoms with van der Waals surface area (Å²) in [6.45, 7) is -1.17. The Bertz CT molecular complexity index is 938. The van der Waals surface area contributed by atoms with Gasteiger partial charge in [-0.2, -0.15) is 23.0 Å². The molecule has 3 aromatic heterocycles. The van der Waals surface area contributed by atoms with Gasteiger partial charge in [0.2, 0.25) is 0 Å². The summed E-state index contributed by atoms with van der Waals surface area (Å²) in [7, 11) is 0. The SMILES string of the molecule is Nc1c2c(C(F)(F)F)nc(CF)cc2nn1-c1ncc(Cl)cc1Cl. The Morgan fingerprint density at radius 1 is 1.21 bits per heavy atom. The van der Waals surface area contributed by atoms with E-state index in [4.69, 9.17) is 28.9 Å². The number of anilines is 1. The lowest BCUT2D eigenvalue weighted by Crippen LogP contribution is -2.11. The van der Waals surface area contributed by atoms with Gasteiger partial charge in [0.1, 0.15) is 12.5 Å². The number of alkyl halides is 4. The van der Waals surface area contributed by atoms with Crippen LogP contribution in [0.3, 0.4) is 0 Å². The first-order valence-electron chi connectivity index (χ1n) is 6.35. The molecule has 11 heteroatoms. The van der Waals surface area contributed by atoms with Crippen molar-refractivity contribution in [3.63, 3.8) is 0 Å². The average Bonchev–Trinajstić information content (AvgIpc) is 2.82. The summed E-state index contributed by atoms with van der Waals surface area (Å²) in [5.74, 6) is -0.378. The molecule has 0 radical (unpaired) electrons. The fourth-order valence-electron chi connectivity index (χ4n) is 2.18. The quantitative estimate of drug-likeness (QED) is 0.677. The van der Waals surface area contributed by atoms with Crippen LogP contribution >= 0.6 is 23.2 Å². The minimum atomic E-state index is -4.83. The lowest BCUT2D eigenvalue weighted by Gasteiger charge is -2.09. The number of fused-ring (bicyclic) bond motifs is 1. The first-order chi connectivity index (χ1) is 11.2. The molecule has 2 N–H and O–H groups in total. The van der Waals surface area contributed by atoms with Gasteiger partial charge in [-0.05, 0) is 12.1 Å². The van der Waals surface area contributed by atoms with Crippen LogP contribution in [-0.2, 0) is 12.9 Å². The minimum Gasteiger partial charge on any atom is -0.383 e. The highest BCUT2D eigenvalue weighted by Crippen LogP contribution is 2.37. The van der Waals surface area contributed by atoms with Gasteiger partial charge in [0, 0.05) is 6.20 Å². The van der Waals surface area contributed by atoms with Gasteiger partial charge in [0.15, 0.2) is 11.5 Å². The molecule has 5 nitrogen and oxygen atoms in total. The molecular weight excluding hydrogens is 373 g/mol. The van der Waals surface area contributed by atoms with Crippen molar-refractivity contribution in [3.05, 3.63) is 39.8 Å². The molecule has 3 rings (SSSR count). The van der Waals surface area contributed by atoms with E-state index in [1.807, 2.05) is 0 Å². The molecule has 0 aliphatic heterocycles. The number of aromatic nitrogens is 4. The Morgan fingerprint density at radius 3 is 2.50 bits per heavy atom. The maximum absolute atomic E-state index is 13.2. The fourth-order valence-corrected chi connectivity index (χ4v) is 2.64. The zero-order valence-electron chi connectivity index (χ0n) is 11.6. The van der Waals surface area contributed by atoms with Crippen LogP contribution in [0.5, 0.6) is 0 Å². The molecule has 0 bridgehead atoms. The van der Waals surface area contributed by atoms with Crippen molar-refractivity contribution in [1.29, 1.82) is 0 Å². The van der Waals surface area contributed by atoms with Crippen molar-refractivity contribution in [2.24, 2.45) is 0 Å². The standard InChI is InChI=1S/C13H7Cl2F4N5/c14-5-1-7(15)12(21-4-5)24-11(20)9-8(23-24)2-6(3-16)22-10(9)13(17,18)19/h1-2,4H,3,20H2. The summed E-state index contributed by atoms with van der Waals surface area (Å²) < 4.78 is 53.4. The maximum atomic E-state index is 13.2. The number of nitrogens with zero attached hydrogens (tertiary/aromatic N) is 4. The smallest absolute Gasteiger partial charge is 0.383 e. The summed E-state index contributed by atoms with van der Waals surface area (Å²) in [6, 6.07) is 2.42. The number of halogens is 6. The third-order valence-corrected chi connectivity index (χ3v) is 3.62. The number of hydrogen-bond acceptors (Lipinski definition) is 4. The molecular formula is C13H7Cl2F4N5. The summed E-state index contributed by atoms with van der Waals surface area (Å²) in [5.41, 5.74) is 3.91. The van der Waals surface area contributed by atoms with E-state index in [-0.39, 0.29) is 27.2 Å². The van der Waals surface area contributed by atoms with E-state index in [1.165, 1.54) is 12.3 Å². The second-order valence-corrected chi connectivity index (χ2v) is 5.59. The fraction of sp³-hybridized carbons (Fsp3) is 0.154. The number of rotatable bonds is 2. The molecule has 3 aromatic rings. The van der Waals surface area contributed by atoms with Crippen molar-refractivity contribution in [2.75, 3.05) is 5.73 Å². The predicted octanol–water partition coefficient (Wildman–Crippen LogP) is 4.19. The highest BCUT2D eigenvalue weighted by molar-refractivity contribution is 6.35. The van der Waals surface area contributed by atoms with Crippen LogP contribution in [0.4, 0.5) is 23.4 Å². The molecule has 0 saturated carbocycles. The Labute approximate surface area is 142 Å². The van der Waals surface area contributed by atoms with Crippen LogP contribution in [0.1, 0.15) is 11.4 Å². The van der Waals surface area contributed by atoms with E-state index in [9.17, 15) is 17.6 Å². The zero-order chi connectivity index (χ0) is 17.6. The molecule has 3 heterocycles. The number of nitrogens with two attached hydrogens (primary N) is 1. The Morgan fingerprint density at radius 2 is 1.92 bits per heavy atom. The van der Waals surface area contributed by atoms with Gasteiger partial charge in [-0.1, -0.05) is 23.2 Å². The van der Waals surface area contributed by atoms with Crippen molar-refractivity contribution in [2.45, 2.75) is 12.9 Å². The zero-order valence-corrected chi connectivity index (χ0v) is 13.1. The van der Waals surface area contributed by atoms with Crippen molar-refractivity contribution < 1.29 is 17.6 Å². The molecule has 0 aromatic carbocycles. The van der Waals surface area contributed by atoms with E-state index in [0.29, 0.717) is 0 Å². The topological polar surface area (TPSA) is 69.6 Å².